The molecule has 1 heterocycles. The van der Waals surface area contributed by atoms with Crippen molar-refractivity contribution in [1.82, 2.24) is 4.98 Å². The molecule has 0 unspecified atom stereocenters. The van der Waals surface area contributed by atoms with Crippen molar-refractivity contribution in [2.45, 2.75) is 6.54 Å². The lowest BCUT2D eigenvalue weighted by molar-refractivity contribution is 1.07. The molecule has 0 aliphatic rings. The van der Waals surface area contributed by atoms with Gasteiger partial charge in [0.1, 0.15) is 0 Å². The van der Waals surface area contributed by atoms with Crippen LogP contribution in [0.15, 0.2) is 247 Å². The Bertz CT molecular complexity index is 3210. The van der Waals surface area contributed by atoms with E-state index >= 15 is 0 Å². The van der Waals surface area contributed by atoms with Crippen molar-refractivity contribution in [2.75, 3.05) is 0 Å². The van der Waals surface area contributed by atoms with Crippen molar-refractivity contribution < 1.29 is 0 Å². The van der Waals surface area contributed by atoms with Gasteiger partial charge in [-0.1, -0.05) is 194 Å². The van der Waals surface area contributed by atoms with Gasteiger partial charge in [-0.15, -0.1) is 0 Å². The van der Waals surface area contributed by atoms with Gasteiger partial charge in [0, 0.05) is 23.5 Å². The number of hydrogen-bond acceptors (Lipinski definition) is 3. The highest BCUT2D eigenvalue weighted by molar-refractivity contribution is 6.22. The van der Waals surface area contributed by atoms with Gasteiger partial charge in [-0.05, 0) is 120 Å². The maximum absolute atomic E-state index is 5.39. The van der Waals surface area contributed by atoms with Crippen molar-refractivity contribution in [3.63, 3.8) is 0 Å². The summed E-state index contributed by atoms with van der Waals surface area (Å²) in [5.74, 6) is 0. The molecule has 0 radical (unpaired) electrons. The molecule has 0 amide bonds. The van der Waals surface area contributed by atoms with Gasteiger partial charge < -0.3 is 0 Å². The van der Waals surface area contributed by atoms with E-state index in [2.05, 4.69) is 223 Å². The first kappa shape index (κ1) is 38.9. The minimum Gasteiger partial charge on any atom is -0.280 e. The highest BCUT2D eigenvalue weighted by Crippen LogP contribution is 2.44. The van der Waals surface area contributed by atoms with E-state index in [1.54, 1.807) is 0 Å². The van der Waals surface area contributed by atoms with E-state index in [0.717, 1.165) is 61.5 Å². The van der Waals surface area contributed by atoms with Crippen LogP contribution in [0.25, 0.3) is 82.9 Å². The Balaban J connectivity index is 1.20. The van der Waals surface area contributed by atoms with Gasteiger partial charge >= 0.3 is 0 Å². The normalized spacial score (nSPS) is 11.8. The number of benzene rings is 9. The molecular weight excluding hydrogens is 763 g/mol. The Kier molecular flexibility index (Phi) is 11.0. The zero-order valence-corrected chi connectivity index (χ0v) is 34.8. The SMILES string of the molecule is C=N/C(=C\C(=NCc1ccccc1)c1cc(-c2ccc(-c3cccnc3)cc2)cc(-c2c3ccccc3c(-c3ccccc3)c3ccccc23)c1)c1ccc(-c2ccccc2)cc1. The van der Waals surface area contributed by atoms with E-state index in [1.165, 1.54) is 43.8 Å². The zero-order chi connectivity index (χ0) is 42.4. The number of allylic oxidation sites excluding steroid dienone is 1. The third kappa shape index (κ3) is 8.16. The van der Waals surface area contributed by atoms with Crippen molar-refractivity contribution in [1.29, 1.82) is 0 Å². The zero-order valence-electron chi connectivity index (χ0n) is 34.8. The number of pyridine rings is 1. The lowest BCUT2D eigenvalue weighted by Crippen LogP contribution is -2.02. The van der Waals surface area contributed by atoms with Crippen LogP contribution in [0.4, 0.5) is 0 Å². The van der Waals surface area contributed by atoms with E-state index in [-0.39, 0.29) is 0 Å². The molecule has 0 N–H and O–H groups in total. The average molecular weight is 806 g/mol. The van der Waals surface area contributed by atoms with Gasteiger partial charge in [-0.2, -0.15) is 0 Å². The van der Waals surface area contributed by atoms with Gasteiger partial charge in [-0.3, -0.25) is 15.0 Å². The summed E-state index contributed by atoms with van der Waals surface area (Å²) >= 11 is 0. The smallest absolute Gasteiger partial charge is 0.0716 e. The third-order valence-electron chi connectivity index (χ3n) is 11.7. The summed E-state index contributed by atoms with van der Waals surface area (Å²) in [5.41, 5.74) is 16.1. The predicted octanol–water partition coefficient (Wildman–Crippen LogP) is 15.5. The topological polar surface area (TPSA) is 37.6 Å². The largest absolute Gasteiger partial charge is 0.280 e. The van der Waals surface area contributed by atoms with E-state index in [0.29, 0.717) is 6.54 Å². The first-order valence-corrected chi connectivity index (χ1v) is 21.3. The number of aromatic nitrogens is 1. The first-order chi connectivity index (χ1) is 31.2. The Labute approximate surface area is 368 Å². The molecule has 0 spiro atoms. The summed E-state index contributed by atoms with van der Waals surface area (Å²) in [6.45, 7) is 4.57. The van der Waals surface area contributed by atoms with Crippen LogP contribution >= 0.6 is 0 Å². The van der Waals surface area contributed by atoms with Crippen LogP contribution in [0.3, 0.4) is 0 Å². The number of fused-ring (bicyclic) bond motifs is 2. The lowest BCUT2D eigenvalue weighted by atomic mass is 9.84. The molecule has 9 aromatic carbocycles. The Morgan fingerprint density at radius 3 is 1.44 bits per heavy atom. The molecule has 1 aromatic heterocycles. The van der Waals surface area contributed by atoms with Gasteiger partial charge in [-0.25, -0.2) is 0 Å². The average Bonchev–Trinajstić information content (AvgIpc) is 3.36. The Morgan fingerprint density at radius 2 is 0.873 bits per heavy atom. The Morgan fingerprint density at radius 1 is 0.413 bits per heavy atom. The van der Waals surface area contributed by atoms with Gasteiger partial charge in [0.2, 0.25) is 0 Å². The quantitative estimate of drug-likeness (QED) is 0.0948. The van der Waals surface area contributed by atoms with E-state index in [1.807, 2.05) is 30.6 Å². The molecule has 0 aliphatic heterocycles. The molecule has 3 heteroatoms. The number of aliphatic imine (C=N–C) groups is 2. The van der Waals surface area contributed by atoms with Crippen LogP contribution in [-0.4, -0.2) is 17.4 Å². The van der Waals surface area contributed by atoms with Gasteiger partial charge in [0.25, 0.3) is 0 Å². The monoisotopic (exact) mass is 805 g/mol. The van der Waals surface area contributed by atoms with E-state index in [9.17, 15) is 0 Å². The summed E-state index contributed by atoms with van der Waals surface area (Å²) in [7, 11) is 0. The van der Waals surface area contributed by atoms with Crippen LogP contribution in [0.2, 0.25) is 0 Å². The molecule has 0 saturated heterocycles. The van der Waals surface area contributed by atoms with Crippen LogP contribution in [0, 0.1) is 0 Å². The summed E-state index contributed by atoms with van der Waals surface area (Å²) in [5, 5.41) is 4.80. The molecule has 3 nitrogen and oxygen atoms in total. The van der Waals surface area contributed by atoms with Crippen molar-refractivity contribution in [3.8, 4) is 55.6 Å². The molecule has 63 heavy (non-hydrogen) atoms. The molecule has 0 fully saturated rings. The highest BCUT2D eigenvalue weighted by Gasteiger charge is 2.19. The van der Waals surface area contributed by atoms with Crippen molar-refractivity contribution >= 4 is 39.7 Å². The van der Waals surface area contributed by atoms with Gasteiger partial charge in [0.15, 0.2) is 0 Å². The molecule has 298 valence electrons. The third-order valence-corrected chi connectivity index (χ3v) is 11.7. The van der Waals surface area contributed by atoms with Crippen LogP contribution in [0.1, 0.15) is 16.7 Å². The predicted molar refractivity (Wildman–Crippen MR) is 267 cm³/mol. The molecule has 0 atom stereocenters. The summed E-state index contributed by atoms with van der Waals surface area (Å²) in [4.78, 5) is 14.4. The molecule has 10 rings (SSSR count). The molecule has 0 aliphatic carbocycles. The first-order valence-electron chi connectivity index (χ1n) is 21.3. The molecule has 10 aromatic rings. The maximum atomic E-state index is 5.39. The fourth-order valence-electron chi connectivity index (χ4n) is 8.62. The van der Waals surface area contributed by atoms with Crippen molar-refractivity contribution in [3.05, 3.63) is 254 Å². The van der Waals surface area contributed by atoms with Crippen LogP contribution in [-0.2, 0) is 6.54 Å². The van der Waals surface area contributed by atoms with E-state index < -0.39 is 0 Å². The maximum Gasteiger partial charge on any atom is 0.0716 e. The fourth-order valence-corrected chi connectivity index (χ4v) is 8.62. The molecule has 0 saturated carbocycles. The number of hydrogen-bond donors (Lipinski definition) is 0. The number of nitrogens with zero attached hydrogens (tertiary/aromatic N) is 3. The molecular formula is C60H43N3. The standard InChI is InChI=1S/C60H43N3/c1-61-57(47-33-31-44(32-34-47)43-18-7-3-8-19-43)39-58(63-40-42-16-5-2-6-17-42)51-36-50(46-29-27-45(28-30-46)49-22-15-35-62-41-49)37-52(38-51)60-55-25-13-11-23-53(55)59(48-20-9-4-10-21-48)54-24-12-14-26-56(54)60/h2-39,41H,1,40H2/b57-39-,63-58?. The van der Waals surface area contributed by atoms with E-state index in [4.69, 9.17) is 4.99 Å². The summed E-state index contributed by atoms with van der Waals surface area (Å²) in [6, 6.07) is 77.5. The second kappa shape index (κ2) is 17.8. The summed E-state index contributed by atoms with van der Waals surface area (Å²) < 4.78 is 0. The number of rotatable bonds is 11. The summed E-state index contributed by atoms with van der Waals surface area (Å²) in [6.07, 6.45) is 5.81. The Hall–Kier alpha value is -8.27. The fraction of sp³-hybridized carbons (Fsp3) is 0.0167. The minimum atomic E-state index is 0.501. The van der Waals surface area contributed by atoms with Gasteiger partial charge in [0.05, 0.1) is 18.0 Å². The minimum absolute atomic E-state index is 0.501. The van der Waals surface area contributed by atoms with Crippen LogP contribution in [0.5, 0.6) is 0 Å². The second-order valence-corrected chi connectivity index (χ2v) is 15.6. The van der Waals surface area contributed by atoms with Crippen LogP contribution < -0.4 is 0 Å². The second-order valence-electron chi connectivity index (χ2n) is 15.6. The van der Waals surface area contributed by atoms with Crippen molar-refractivity contribution in [2.24, 2.45) is 9.98 Å². The lowest BCUT2D eigenvalue weighted by Gasteiger charge is -2.19. The highest BCUT2D eigenvalue weighted by atomic mass is 14.8. The molecule has 0 bridgehead atoms.